The highest BCUT2D eigenvalue weighted by molar-refractivity contribution is 5.94. The predicted molar refractivity (Wildman–Crippen MR) is 54.6 cm³/mol. The second-order valence-electron chi connectivity index (χ2n) is 2.95. The number of non-ortho nitro benzene ring substituents is 1. The number of ether oxygens (including phenoxy) is 1. The number of benzene rings is 1. The van der Waals surface area contributed by atoms with Crippen LogP contribution in [0.4, 0.5) is 14.5 Å². The van der Waals surface area contributed by atoms with Crippen molar-refractivity contribution in [1.29, 1.82) is 0 Å². The van der Waals surface area contributed by atoms with E-state index in [2.05, 4.69) is 4.74 Å². The number of halogens is 2. The van der Waals surface area contributed by atoms with Gasteiger partial charge in [0.15, 0.2) is 0 Å². The Hall–Kier alpha value is -2.31. The lowest BCUT2D eigenvalue weighted by atomic mass is 10.1. The van der Waals surface area contributed by atoms with Gasteiger partial charge in [0.25, 0.3) is 11.8 Å². The van der Waals surface area contributed by atoms with Crippen molar-refractivity contribution in [2.75, 3.05) is 7.11 Å². The number of carbonyl (C=O) groups is 1. The van der Waals surface area contributed by atoms with E-state index in [0.29, 0.717) is 6.08 Å². The van der Waals surface area contributed by atoms with Crippen LogP contribution in [0.2, 0.25) is 0 Å². The number of hydrogen-bond donors (Lipinski definition) is 0. The Bertz CT molecular complexity index is 495. The molecular weight excluding hydrogens is 236 g/mol. The second kappa shape index (κ2) is 5.15. The maximum atomic E-state index is 12.1. The molecule has 17 heavy (non-hydrogen) atoms. The first-order chi connectivity index (χ1) is 7.95. The van der Waals surface area contributed by atoms with Crippen molar-refractivity contribution in [3.63, 3.8) is 0 Å². The molecule has 0 atom stereocenters. The zero-order valence-electron chi connectivity index (χ0n) is 8.65. The Balaban J connectivity index is 3.36. The van der Waals surface area contributed by atoms with Crippen LogP contribution in [0, 0.1) is 10.1 Å². The van der Waals surface area contributed by atoms with Crippen LogP contribution in [-0.2, 0) is 4.74 Å². The summed E-state index contributed by atoms with van der Waals surface area (Å²) in [6, 6.07) is 2.99. The topological polar surface area (TPSA) is 69.4 Å². The molecule has 0 aromatic heterocycles. The molecule has 0 heterocycles. The van der Waals surface area contributed by atoms with E-state index in [1.165, 1.54) is 0 Å². The summed E-state index contributed by atoms with van der Waals surface area (Å²) >= 11 is 0. The number of esters is 1. The molecule has 1 aromatic carbocycles. The molecule has 0 bridgehead atoms. The van der Waals surface area contributed by atoms with Crippen LogP contribution in [0.3, 0.4) is 0 Å². The van der Waals surface area contributed by atoms with Crippen molar-refractivity contribution in [2.24, 2.45) is 0 Å². The minimum absolute atomic E-state index is 0.161. The van der Waals surface area contributed by atoms with Crippen molar-refractivity contribution in [3.8, 4) is 0 Å². The smallest absolute Gasteiger partial charge is 0.338 e. The van der Waals surface area contributed by atoms with Crippen LogP contribution < -0.4 is 0 Å². The molecule has 0 unspecified atom stereocenters. The minimum atomic E-state index is -2.06. The summed E-state index contributed by atoms with van der Waals surface area (Å²) in [5.74, 6) is -0.840. The van der Waals surface area contributed by atoms with Crippen LogP contribution >= 0.6 is 0 Å². The predicted octanol–water partition coefficient (Wildman–Crippen LogP) is 2.62. The van der Waals surface area contributed by atoms with E-state index in [4.69, 9.17) is 0 Å². The zero-order chi connectivity index (χ0) is 13.0. The summed E-state index contributed by atoms with van der Waals surface area (Å²) < 4.78 is 28.7. The van der Waals surface area contributed by atoms with E-state index in [0.717, 1.165) is 25.3 Å². The molecule has 1 aromatic rings. The van der Waals surface area contributed by atoms with Crippen LogP contribution in [-0.4, -0.2) is 18.0 Å². The summed E-state index contributed by atoms with van der Waals surface area (Å²) in [4.78, 5) is 21.0. The zero-order valence-corrected chi connectivity index (χ0v) is 8.65. The van der Waals surface area contributed by atoms with Crippen molar-refractivity contribution < 1.29 is 23.2 Å². The van der Waals surface area contributed by atoms with Gasteiger partial charge in [-0.2, -0.15) is 8.78 Å². The molecule has 0 amide bonds. The van der Waals surface area contributed by atoms with Crippen molar-refractivity contribution in [1.82, 2.24) is 0 Å². The quantitative estimate of drug-likeness (QED) is 0.464. The average molecular weight is 243 g/mol. The van der Waals surface area contributed by atoms with Gasteiger partial charge in [-0.3, -0.25) is 10.1 Å². The SMILES string of the molecule is COC(=O)c1ccc([N+](=O)[O-])cc1C=C(F)F. The Morgan fingerprint density at radius 2 is 2.12 bits per heavy atom. The molecule has 0 N–H and O–H groups in total. The molecule has 0 saturated carbocycles. The fraction of sp³-hybridized carbons (Fsp3) is 0.100. The Morgan fingerprint density at radius 1 is 1.47 bits per heavy atom. The minimum Gasteiger partial charge on any atom is -0.465 e. The lowest BCUT2D eigenvalue weighted by Crippen LogP contribution is -2.04. The summed E-state index contributed by atoms with van der Waals surface area (Å²) in [5, 5.41) is 10.5. The second-order valence-corrected chi connectivity index (χ2v) is 2.95. The average Bonchev–Trinajstić information content (AvgIpc) is 2.27. The molecule has 0 aliphatic carbocycles. The number of nitro benzene ring substituents is 1. The van der Waals surface area contributed by atoms with Gasteiger partial charge in [0.2, 0.25) is 0 Å². The van der Waals surface area contributed by atoms with Gasteiger partial charge >= 0.3 is 5.97 Å². The number of nitro groups is 1. The third-order valence-corrected chi connectivity index (χ3v) is 1.92. The number of rotatable bonds is 3. The van der Waals surface area contributed by atoms with Gasteiger partial charge in [-0.05, 0) is 6.07 Å². The summed E-state index contributed by atoms with van der Waals surface area (Å²) in [7, 11) is 1.09. The summed E-state index contributed by atoms with van der Waals surface area (Å²) in [6.07, 6.45) is -1.69. The number of hydrogen-bond acceptors (Lipinski definition) is 4. The van der Waals surface area contributed by atoms with Crippen LogP contribution in [0.1, 0.15) is 15.9 Å². The van der Waals surface area contributed by atoms with Gasteiger partial charge in [0, 0.05) is 23.8 Å². The molecule has 0 fully saturated rings. The molecule has 0 radical (unpaired) electrons. The molecule has 0 spiro atoms. The highest BCUT2D eigenvalue weighted by atomic mass is 19.3. The van der Waals surface area contributed by atoms with Crippen LogP contribution in [0.25, 0.3) is 6.08 Å². The fourth-order valence-corrected chi connectivity index (χ4v) is 1.20. The Labute approximate surface area is 94.5 Å². The molecular formula is C10H7F2NO4. The van der Waals surface area contributed by atoms with E-state index in [1.54, 1.807) is 0 Å². The lowest BCUT2D eigenvalue weighted by molar-refractivity contribution is -0.384. The third-order valence-electron chi connectivity index (χ3n) is 1.92. The first-order valence-corrected chi connectivity index (χ1v) is 4.35. The number of carbonyl (C=O) groups excluding carboxylic acids is 1. The highest BCUT2D eigenvalue weighted by Crippen LogP contribution is 2.21. The highest BCUT2D eigenvalue weighted by Gasteiger charge is 2.15. The number of nitrogens with zero attached hydrogens (tertiary/aromatic N) is 1. The van der Waals surface area contributed by atoms with Gasteiger partial charge in [0.1, 0.15) is 0 Å². The van der Waals surface area contributed by atoms with Gasteiger partial charge in [0.05, 0.1) is 17.6 Å². The van der Waals surface area contributed by atoms with Crippen molar-refractivity contribution in [2.45, 2.75) is 0 Å². The van der Waals surface area contributed by atoms with Crippen LogP contribution in [0.5, 0.6) is 0 Å². The normalized spacial score (nSPS) is 9.59. The van der Waals surface area contributed by atoms with Gasteiger partial charge in [-0.1, -0.05) is 0 Å². The van der Waals surface area contributed by atoms with Gasteiger partial charge in [-0.25, -0.2) is 4.79 Å². The lowest BCUT2D eigenvalue weighted by Gasteiger charge is -2.03. The first-order valence-electron chi connectivity index (χ1n) is 4.35. The largest absolute Gasteiger partial charge is 0.465 e. The maximum Gasteiger partial charge on any atom is 0.338 e. The third kappa shape index (κ3) is 3.07. The molecule has 0 aliphatic heterocycles. The molecule has 0 aliphatic rings. The van der Waals surface area contributed by atoms with E-state index >= 15 is 0 Å². The number of methoxy groups -OCH3 is 1. The van der Waals surface area contributed by atoms with E-state index in [-0.39, 0.29) is 16.8 Å². The van der Waals surface area contributed by atoms with Gasteiger partial charge in [-0.15, -0.1) is 0 Å². The van der Waals surface area contributed by atoms with E-state index in [1.807, 2.05) is 0 Å². The molecule has 90 valence electrons. The van der Waals surface area contributed by atoms with E-state index in [9.17, 15) is 23.7 Å². The standard InChI is InChI=1S/C10H7F2NO4/c1-17-10(14)8-3-2-7(13(15)16)4-6(8)5-9(11)12/h2-5H,1H3. The Morgan fingerprint density at radius 3 is 2.59 bits per heavy atom. The van der Waals surface area contributed by atoms with Crippen molar-refractivity contribution in [3.05, 3.63) is 45.5 Å². The van der Waals surface area contributed by atoms with Gasteiger partial charge < -0.3 is 4.74 Å². The molecule has 7 heteroatoms. The monoisotopic (exact) mass is 243 g/mol. The maximum absolute atomic E-state index is 12.1. The van der Waals surface area contributed by atoms with Crippen molar-refractivity contribution >= 4 is 17.7 Å². The van der Waals surface area contributed by atoms with E-state index < -0.39 is 17.0 Å². The first kappa shape index (κ1) is 12.8. The molecule has 1 rings (SSSR count). The molecule has 5 nitrogen and oxygen atoms in total. The fourth-order valence-electron chi connectivity index (χ4n) is 1.20. The Kier molecular flexibility index (Phi) is 3.86. The summed E-state index contributed by atoms with van der Waals surface area (Å²) in [5.41, 5.74) is -0.804. The van der Waals surface area contributed by atoms with Crippen LogP contribution in [0.15, 0.2) is 24.3 Å². The molecule has 0 saturated heterocycles. The summed E-state index contributed by atoms with van der Waals surface area (Å²) in [6.45, 7) is 0.